The Kier molecular flexibility index (Phi) is 4.58. The number of nitrogens with one attached hydrogen (secondary N) is 2. The molecule has 1 saturated carbocycles. The molecule has 2 aliphatic rings. The van der Waals surface area contributed by atoms with Crippen LogP contribution >= 0.6 is 0 Å². The minimum Gasteiger partial charge on any atom is -0.369 e. The molecule has 1 atom stereocenters. The SMILES string of the molecule is NC(=O)C1CCC(NC(=O)CC2CCCN2)CC1. The molecule has 1 aliphatic carbocycles. The molecule has 0 aromatic heterocycles. The highest BCUT2D eigenvalue weighted by Crippen LogP contribution is 2.24. The van der Waals surface area contributed by atoms with Crippen molar-refractivity contribution in [1.82, 2.24) is 10.6 Å². The van der Waals surface area contributed by atoms with Gasteiger partial charge in [0, 0.05) is 24.4 Å². The topological polar surface area (TPSA) is 84.2 Å². The van der Waals surface area contributed by atoms with Crippen molar-refractivity contribution in [3.05, 3.63) is 0 Å². The third-order valence-corrected chi connectivity index (χ3v) is 4.09. The predicted octanol–water partition coefficient (Wildman–Crippen LogP) is 0.289. The third-order valence-electron chi connectivity index (χ3n) is 4.09. The predicted molar refractivity (Wildman–Crippen MR) is 68.7 cm³/mol. The third kappa shape index (κ3) is 3.70. The Hall–Kier alpha value is -1.10. The highest BCUT2D eigenvalue weighted by Gasteiger charge is 2.26. The van der Waals surface area contributed by atoms with Crippen molar-refractivity contribution in [3.8, 4) is 0 Å². The monoisotopic (exact) mass is 253 g/mol. The van der Waals surface area contributed by atoms with Crippen LogP contribution in [0.25, 0.3) is 0 Å². The number of carbonyl (C=O) groups is 2. The summed E-state index contributed by atoms with van der Waals surface area (Å²) in [5.74, 6) is -0.0542. The van der Waals surface area contributed by atoms with Crippen molar-refractivity contribution in [2.24, 2.45) is 11.7 Å². The van der Waals surface area contributed by atoms with Gasteiger partial charge in [0.05, 0.1) is 0 Å². The van der Waals surface area contributed by atoms with Gasteiger partial charge in [-0.3, -0.25) is 9.59 Å². The van der Waals surface area contributed by atoms with E-state index < -0.39 is 0 Å². The average Bonchev–Trinajstić information content (AvgIpc) is 2.82. The van der Waals surface area contributed by atoms with Crippen LogP contribution in [-0.2, 0) is 9.59 Å². The summed E-state index contributed by atoms with van der Waals surface area (Å²) in [6, 6.07) is 0.585. The summed E-state index contributed by atoms with van der Waals surface area (Å²) in [6.45, 7) is 1.03. The Balaban J connectivity index is 1.67. The van der Waals surface area contributed by atoms with Gasteiger partial charge < -0.3 is 16.4 Å². The summed E-state index contributed by atoms with van der Waals surface area (Å²) in [5.41, 5.74) is 5.29. The molecule has 0 bridgehead atoms. The molecule has 4 N–H and O–H groups in total. The van der Waals surface area contributed by atoms with Crippen molar-refractivity contribution < 1.29 is 9.59 Å². The summed E-state index contributed by atoms with van der Waals surface area (Å²) in [7, 11) is 0. The molecule has 0 aromatic rings. The first-order valence-corrected chi connectivity index (χ1v) is 6.97. The van der Waals surface area contributed by atoms with Crippen molar-refractivity contribution in [2.45, 2.75) is 57.0 Å². The minimum atomic E-state index is -0.199. The van der Waals surface area contributed by atoms with Crippen LogP contribution < -0.4 is 16.4 Å². The van der Waals surface area contributed by atoms with E-state index in [1.807, 2.05) is 0 Å². The second kappa shape index (κ2) is 6.18. The van der Waals surface area contributed by atoms with E-state index in [0.717, 1.165) is 38.6 Å². The Morgan fingerprint density at radius 1 is 1.17 bits per heavy atom. The number of hydrogen-bond acceptors (Lipinski definition) is 3. The summed E-state index contributed by atoms with van der Waals surface area (Å²) in [6.07, 6.45) is 6.21. The number of amides is 2. The van der Waals surface area contributed by atoms with Gasteiger partial charge in [-0.15, -0.1) is 0 Å². The molecule has 5 nitrogen and oxygen atoms in total. The van der Waals surface area contributed by atoms with E-state index >= 15 is 0 Å². The molecule has 1 saturated heterocycles. The van der Waals surface area contributed by atoms with Crippen LogP contribution in [0.4, 0.5) is 0 Å². The average molecular weight is 253 g/mol. The lowest BCUT2D eigenvalue weighted by molar-refractivity contribution is -0.123. The van der Waals surface area contributed by atoms with Gasteiger partial charge in [-0.1, -0.05) is 0 Å². The summed E-state index contributed by atoms with van der Waals surface area (Å²) in [5, 5.41) is 6.40. The van der Waals surface area contributed by atoms with Crippen molar-refractivity contribution in [2.75, 3.05) is 6.54 Å². The molecular weight excluding hydrogens is 230 g/mol. The van der Waals surface area contributed by atoms with Crippen LogP contribution in [0.5, 0.6) is 0 Å². The smallest absolute Gasteiger partial charge is 0.221 e. The number of rotatable bonds is 4. The largest absolute Gasteiger partial charge is 0.369 e. The maximum Gasteiger partial charge on any atom is 0.221 e. The van der Waals surface area contributed by atoms with E-state index in [1.165, 1.54) is 6.42 Å². The lowest BCUT2D eigenvalue weighted by Crippen LogP contribution is -2.41. The Labute approximate surface area is 108 Å². The first-order valence-electron chi connectivity index (χ1n) is 6.97. The van der Waals surface area contributed by atoms with Crippen molar-refractivity contribution in [1.29, 1.82) is 0 Å². The molecule has 1 unspecified atom stereocenters. The molecule has 2 rings (SSSR count). The van der Waals surface area contributed by atoms with Crippen LogP contribution in [0.15, 0.2) is 0 Å². The molecule has 0 radical (unpaired) electrons. The molecule has 5 heteroatoms. The number of hydrogen-bond donors (Lipinski definition) is 3. The maximum atomic E-state index is 11.8. The van der Waals surface area contributed by atoms with Crippen LogP contribution in [0, 0.1) is 5.92 Å². The quantitative estimate of drug-likeness (QED) is 0.673. The molecule has 0 aromatic carbocycles. The molecule has 2 fully saturated rings. The summed E-state index contributed by atoms with van der Waals surface area (Å²) >= 11 is 0. The summed E-state index contributed by atoms with van der Waals surface area (Å²) in [4.78, 5) is 22.9. The zero-order valence-electron chi connectivity index (χ0n) is 10.8. The fourth-order valence-corrected chi connectivity index (χ4v) is 2.96. The Bertz CT molecular complexity index is 305. The van der Waals surface area contributed by atoms with Crippen LogP contribution in [0.3, 0.4) is 0 Å². The fraction of sp³-hybridized carbons (Fsp3) is 0.846. The van der Waals surface area contributed by atoms with Gasteiger partial charge in [-0.25, -0.2) is 0 Å². The maximum absolute atomic E-state index is 11.8. The zero-order valence-corrected chi connectivity index (χ0v) is 10.8. The van der Waals surface area contributed by atoms with Gasteiger partial charge in [-0.05, 0) is 45.1 Å². The van der Waals surface area contributed by atoms with Gasteiger partial charge in [0.1, 0.15) is 0 Å². The second-order valence-corrected chi connectivity index (χ2v) is 5.52. The highest BCUT2D eigenvalue weighted by molar-refractivity contribution is 5.78. The van der Waals surface area contributed by atoms with Gasteiger partial charge in [0.2, 0.25) is 11.8 Å². The fourth-order valence-electron chi connectivity index (χ4n) is 2.96. The van der Waals surface area contributed by atoms with Gasteiger partial charge >= 0.3 is 0 Å². The van der Waals surface area contributed by atoms with Crippen molar-refractivity contribution in [3.63, 3.8) is 0 Å². The standard InChI is InChI=1S/C13H23N3O2/c14-13(18)9-3-5-10(6-4-9)16-12(17)8-11-2-1-7-15-11/h9-11,15H,1-8H2,(H2,14,18)(H,16,17). The Morgan fingerprint density at radius 3 is 2.44 bits per heavy atom. The molecular formula is C13H23N3O2. The van der Waals surface area contributed by atoms with Crippen LogP contribution in [-0.4, -0.2) is 30.4 Å². The number of primary amides is 1. The van der Waals surface area contributed by atoms with Gasteiger partial charge in [0.25, 0.3) is 0 Å². The Morgan fingerprint density at radius 2 is 1.89 bits per heavy atom. The molecule has 1 aliphatic heterocycles. The second-order valence-electron chi connectivity index (χ2n) is 5.52. The van der Waals surface area contributed by atoms with E-state index in [2.05, 4.69) is 10.6 Å². The van der Waals surface area contributed by atoms with E-state index in [4.69, 9.17) is 5.73 Å². The van der Waals surface area contributed by atoms with Gasteiger partial charge in [0.15, 0.2) is 0 Å². The zero-order chi connectivity index (χ0) is 13.0. The van der Waals surface area contributed by atoms with Crippen LogP contribution in [0.2, 0.25) is 0 Å². The first-order chi connectivity index (χ1) is 8.65. The van der Waals surface area contributed by atoms with E-state index in [-0.39, 0.29) is 23.8 Å². The normalized spacial score (nSPS) is 32.1. The molecule has 2 amide bonds. The number of nitrogens with two attached hydrogens (primary N) is 1. The van der Waals surface area contributed by atoms with E-state index in [9.17, 15) is 9.59 Å². The highest BCUT2D eigenvalue weighted by atomic mass is 16.2. The minimum absolute atomic E-state index is 0.00894. The molecule has 102 valence electrons. The molecule has 0 spiro atoms. The van der Waals surface area contributed by atoms with E-state index in [0.29, 0.717) is 12.5 Å². The molecule has 1 heterocycles. The molecule has 18 heavy (non-hydrogen) atoms. The lowest BCUT2D eigenvalue weighted by Gasteiger charge is -2.27. The van der Waals surface area contributed by atoms with E-state index in [1.54, 1.807) is 0 Å². The first kappa shape index (κ1) is 13.3. The van der Waals surface area contributed by atoms with Gasteiger partial charge in [-0.2, -0.15) is 0 Å². The van der Waals surface area contributed by atoms with Crippen LogP contribution in [0.1, 0.15) is 44.9 Å². The summed E-state index contributed by atoms with van der Waals surface area (Å²) < 4.78 is 0. The van der Waals surface area contributed by atoms with Crippen molar-refractivity contribution >= 4 is 11.8 Å². The lowest BCUT2D eigenvalue weighted by atomic mass is 9.85. The number of carbonyl (C=O) groups excluding carboxylic acids is 2.